The van der Waals surface area contributed by atoms with Crippen molar-refractivity contribution < 1.29 is 14.7 Å². The van der Waals surface area contributed by atoms with Gasteiger partial charge in [0.05, 0.1) is 0 Å². The van der Waals surface area contributed by atoms with Crippen LogP contribution in [-0.4, -0.2) is 29.6 Å². The number of aliphatic carboxylic acids is 1. The van der Waals surface area contributed by atoms with Gasteiger partial charge in [-0.05, 0) is 25.0 Å². The number of nitrogens with zero attached hydrogens (tertiary/aromatic N) is 2. The molecule has 0 fully saturated rings. The van der Waals surface area contributed by atoms with E-state index in [0.717, 1.165) is 17.7 Å². The molecular formula is C15H15N3O3. The number of carbonyl (C=O) groups is 2. The van der Waals surface area contributed by atoms with Gasteiger partial charge in [-0.3, -0.25) is 9.59 Å². The second-order valence-electron chi connectivity index (χ2n) is 4.82. The quantitative estimate of drug-likeness (QED) is 0.637. The predicted molar refractivity (Wildman–Crippen MR) is 76.4 cm³/mol. The molecule has 108 valence electrons. The van der Waals surface area contributed by atoms with E-state index >= 15 is 0 Å². The largest absolute Gasteiger partial charge is 0.480 e. The molecule has 6 heteroatoms. The van der Waals surface area contributed by atoms with Gasteiger partial charge in [-0.15, -0.1) is 0 Å². The van der Waals surface area contributed by atoms with Crippen molar-refractivity contribution >= 4 is 17.6 Å². The van der Waals surface area contributed by atoms with Crippen molar-refractivity contribution in [3.8, 4) is 6.07 Å². The molecule has 0 saturated carbocycles. The third-order valence-electron chi connectivity index (χ3n) is 3.29. The summed E-state index contributed by atoms with van der Waals surface area (Å²) in [7, 11) is 0. The Morgan fingerprint density at radius 1 is 1.52 bits per heavy atom. The van der Waals surface area contributed by atoms with Crippen molar-refractivity contribution in [1.82, 2.24) is 5.32 Å². The molecule has 0 bridgehead atoms. The number of hydrogen-bond acceptors (Lipinski definition) is 4. The Morgan fingerprint density at radius 3 is 2.90 bits per heavy atom. The van der Waals surface area contributed by atoms with Crippen molar-refractivity contribution in [3.63, 3.8) is 0 Å². The molecule has 0 aliphatic carbocycles. The number of para-hydroxylation sites is 1. The number of carboxylic acid groups (broad SMARTS) is 1. The Bertz CT molecular complexity index is 646. The molecule has 1 aliphatic heterocycles. The lowest BCUT2D eigenvalue weighted by atomic mass is 10.1. The van der Waals surface area contributed by atoms with E-state index in [1.54, 1.807) is 0 Å². The first-order valence-corrected chi connectivity index (χ1v) is 6.51. The van der Waals surface area contributed by atoms with E-state index in [9.17, 15) is 9.59 Å². The first kappa shape index (κ1) is 14.6. The number of carboxylic acids is 1. The predicted octanol–water partition coefficient (Wildman–Crippen LogP) is 1.05. The standard InChI is InChI=1S/C15H15N3O3/c1-10-6-11-4-2-3-5-13(11)18(10)9-12(7-16)15(21)17-8-14(19)20/h2-5,9-10H,6,8H2,1H3,(H,17,21)(H,19,20)/b12-9-. The molecule has 1 unspecified atom stereocenters. The second-order valence-corrected chi connectivity index (χ2v) is 4.82. The lowest BCUT2D eigenvalue weighted by Crippen LogP contribution is -2.32. The van der Waals surface area contributed by atoms with Crippen LogP contribution in [0, 0.1) is 11.3 Å². The van der Waals surface area contributed by atoms with Gasteiger partial charge >= 0.3 is 5.97 Å². The van der Waals surface area contributed by atoms with Crippen molar-refractivity contribution in [2.75, 3.05) is 11.4 Å². The molecule has 0 aromatic heterocycles. The Morgan fingerprint density at radius 2 is 2.24 bits per heavy atom. The van der Waals surface area contributed by atoms with Crippen molar-refractivity contribution in [2.24, 2.45) is 0 Å². The first-order chi connectivity index (χ1) is 10.0. The molecule has 0 saturated heterocycles. The lowest BCUT2D eigenvalue weighted by Gasteiger charge is -2.20. The molecule has 2 rings (SSSR count). The summed E-state index contributed by atoms with van der Waals surface area (Å²) in [5, 5.41) is 19.8. The summed E-state index contributed by atoms with van der Waals surface area (Å²) in [6.45, 7) is 1.49. The number of nitriles is 1. The van der Waals surface area contributed by atoms with Crippen LogP contribution in [0.5, 0.6) is 0 Å². The number of benzene rings is 1. The fraction of sp³-hybridized carbons (Fsp3) is 0.267. The summed E-state index contributed by atoms with van der Waals surface area (Å²) < 4.78 is 0. The highest BCUT2D eigenvalue weighted by Crippen LogP contribution is 2.32. The number of carbonyl (C=O) groups excluding carboxylic acids is 1. The highest BCUT2D eigenvalue weighted by molar-refractivity contribution is 5.99. The topological polar surface area (TPSA) is 93.4 Å². The fourth-order valence-electron chi connectivity index (χ4n) is 2.31. The van der Waals surface area contributed by atoms with Crippen LogP contribution < -0.4 is 10.2 Å². The van der Waals surface area contributed by atoms with Crippen LogP contribution in [0.25, 0.3) is 0 Å². The summed E-state index contributed by atoms with van der Waals surface area (Å²) >= 11 is 0. The first-order valence-electron chi connectivity index (χ1n) is 6.51. The van der Waals surface area contributed by atoms with Gasteiger partial charge in [-0.1, -0.05) is 18.2 Å². The molecule has 1 atom stereocenters. The van der Waals surface area contributed by atoms with E-state index in [1.807, 2.05) is 42.2 Å². The zero-order valence-electron chi connectivity index (χ0n) is 11.5. The minimum absolute atomic E-state index is 0.111. The molecule has 0 radical (unpaired) electrons. The second kappa shape index (κ2) is 6.09. The van der Waals surface area contributed by atoms with Gasteiger partial charge in [0, 0.05) is 17.9 Å². The molecule has 1 aromatic rings. The number of rotatable bonds is 4. The van der Waals surface area contributed by atoms with Gasteiger partial charge in [0.2, 0.25) is 0 Å². The van der Waals surface area contributed by atoms with Crippen LogP contribution in [0.4, 0.5) is 5.69 Å². The van der Waals surface area contributed by atoms with Crippen LogP contribution in [0.3, 0.4) is 0 Å². The fourth-order valence-corrected chi connectivity index (χ4v) is 2.31. The lowest BCUT2D eigenvalue weighted by molar-refractivity contribution is -0.137. The summed E-state index contributed by atoms with van der Waals surface area (Å²) in [4.78, 5) is 24.1. The summed E-state index contributed by atoms with van der Waals surface area (Å²) in [5.41, 5.74) is 2.01. The zero-order chi connectivity index (χ0) is 15.4. The smallest absolute Gasteiger partial charge is 0.322 e. The van der Waals surface area contributed by atoms with Gasteiger partial charge in [0.15, 0.2) is 0 Å². The van der Waals surface area contributed by atoms with Gasteiger partial charge in [-0.25, -0.2) is 0 Å². The molecule has 6 nitrogen and oxygen atoms in total. The molecule has 2 N–H and O–H groups in total. The zero-order valence-corrected chi connectivity index (χ0v) is 11.5. The van der Waals surface area contributed by atoms with Gasteiger partial charge in [0.25, 0.3) is 5.91 Å². The van der Waals surface area contributed by atoms with Crippen LogP contribution >= 0.6 is 0 Å². The number of amides is 1. The SMILES string of the molecule is CC1Cc2ccccc2N1/C=C(/C#N)C(=O)NCC(=O)O. The number of anilines is 1. The Kier molecular flexibility index (Phi) is 4.24. The van der Waals surface area contributed by atoms with E-state index in [2.05, 4.69) is 5.32 Å². The molecule has 1 aromatic carbocycles. The maximum Gasteiger partial charge on any atom is 0.322 e. The Labute approximate surface area is 122 Å². The summed E-state index contributed by atoms with van der Waals surface area (Å²) in [5.74, 6) is -1.84. The number of nitrogens with one attached hydrogen (secondary N) is 1. The van der Waals surface area contributed by atoms with Crippen LogP contribution in [0.1, 0.15) is 12.5 Å². The maximum atomic E-state index is 11.8. The highest BCUT2D eigenvalue weighted by atomic mass is 16.4. The molecule has 21 heavy (non-hydrogen) atoms. The number of fused-ring (bicyclic) bond motifs is 1. The average molecular weight is 285 g/mol. The van der Waals surface area contributed by atoms with Crippen LogP contribution in [0.2, 0.25) is 0 Å². The van der Waals surface area contributed by atoms with Gasteiger partial charge in [-0.2, -0.15) is 5.26 Å². The van der Waals surface area contributed by atoms with E-state index < -0.39 is 18.4 Å². The third kappa shape index (κ3) is 3.20. The third-order valence-corrected chi connectivity index (χ3v) is 3.29. The molecule has 0 spiro atoms. The van der Waals surface area contributed by atoms with E-state index in [1.165, 1.54) is 6.20 Å². The minimum Gasteiger partial charge on any atom is -0.480 e. The normalized spacial score (nSPS) is 17.0. The molecule has 1 amide bonds. The Hall–Kier alpha value is -2.81. The minimum atomic E-state index is -1.15. The van der Waals surface area contributed by atoms with Gasteiger partial charge in [0.1, 0.15) is 18.2 Å². The highest BCUT2D eigenvalue weighted by Gasteiger charge is 2.25. The van der Waals surface area contributed by atoms with E-state index in [-0.39, 0.29) is 11.6 Å². The maximum absolute atomic E-state index is 11.8. The Balaban J connectivity index is 2.22. The number of hydrogen-bond donors (Lipinski definition) is 2. The van der Waals surface area contributed by atoms with Crippen LogP contribution in [-0.2, 0) is 16.0 Å². The van der Waals surface area contributed by atoms with E-state index in [0.29, 0.717) is 0 Å². The molecular weight excluding hydrogens is 270 g/mol. The van der Waals surface area contributed by atoms with Crippen molar-refractivity contribution in [2.45, 2.75) is 19.4 Å². The average Bonchev–Trinajstić information content (AvgIpc) is 2.77. The molecule has 1 aliphatic rings. The molecule has 1 heterocycles. The summed E-state index contributed by atoms with van der Waals surface area (Å²) in [6.07, 6.45) is 2.32. The van der Waals surface area contributed by atoms with Crippen LogP contribution in [0.15, 0.2) is 36.0 Å². The van der Waals surface area contributed by atoms with Crippen molar-refractivity contribution in [3.05, 3.63) is 41.6 Å². The monoisotopic (exact) mass is 285 g/mol. The van der Waals surface area contributed by atoms with E-state index in [4.69, 9.17) is 10.4 Å². The van der Waals surface area contributed by atoms with Gasteiger partial charge < -0.3 is 15.3 Å². The summed E-state index contributed by atoms with van der Waals surface area (Å²) in [6, 6.07) is 9.74. The van der Waals surface area contributed by atoms with Crippen molar-refractivity contribution in [1.29, 1.82) is 5.26 Å².